The lowest BCUT2D eigenvalue weighted by Crippen LogP contribution is -2.38. The number of nitrogens with zero attached hydrogens (tertiary/aromatic N) is 1. The van der Waals surface area contributed by atoms with Crippen molar-refractivity contribution in [3.05, 3.63) is 65.7 Å². The average molecular weight is 331 g/mol. The van der Waals surface area contributed by atoms with Crippen LogP contribution in [0.5, 0.6) is 0 Å². The van der Waals surface area contributed by atoms with Crippen molar-refractivity contribution in [1.82, 2.24) is 0 Å². The van der Waals surface area contributed by atoms with Gasteiger partial charge >= 0.3 is 0 Å². The number of rotatable bonds is 3. The van der Waals surface area contributed by atoms with E-state index < -0.39 is 15.1 Å². The van der Waals surface area contributed by atoms with Gasteiger partial charge in [0.05, 0.1) is 9.93 Å². The molecule has 3 rings (SSSR count). The maximum absolute atomic E-state index is 11.4. The van der Waals surface area contributed by atoms with Crippen LogP contribution in [-0.2, 0) is 19.9 Å². The van der Waals surface area contributed by atoms with Crippen molar-refractivity contribution >= 4 is 19.3 Å². The zero-order valence-corrected chi connectivity index (χ0v) is 13.7. The lowest BCUT2D eigenvalue weighted by molar-refractivity contribution is 0.0736. The standard InChI is InChI=1S/C15H15N2O3SSi/c1-11-15(22-17-20-11,12-5-3-2-4-6-12)13-7-9-14(10-8-13)21(16,18)19/h2-11H,1H3,(H2,16,18,19). The van der Waals surface area contributed by atoms with Crippen LogP contribution >= 0.6 is 0 Å². The SMILES string of the molecule is CC1ON=[Si]C1(c1ccccc1)c1ccc(S(N)(=O)=O)cc1. The quantitative estimate of drug-likeness (QED) is 0.871. The summed E-state index contributed by atoms with van der Waals surface area (Å²) in [6, 6.07) is 16.7. The van der Waals surface area contributed by atoms with Gasteiger partial charge in [-0.1, -0.05) is 42.5 Å². The van der Waals surface area contributed by atoms with E-state index in [-0.39, 0.29) is 20.3 Å². The highest BCUT2D eigenvalue weighted by Crippen LogP contribution is 2.38. The fourth-order valence-electron chi connectivity index (χ4n) is 2.72. The van der Waals surface area contributed by atoms with Crippen molar-refractivity contribution in [3.8, 4) is 0 Å². The van der Waals surface area contributed by atoms with Gasteiger partial charge in [0, 0.05) is 0 Å². The first-order valence-corrected chi connectivity index (χ1v) is 9.26. The zero-order valence-electron chi connectivity index (χ0n) is 11.9. The van der Waals surface area contributed by atoms with Crippen LogP contribution in [0.15, 0.2) is 64.3 Å². The molecule has 5 nitrogen and oxygen atoms in total. The predicted octanol–water partition coefficient (Wildman–Crippen LogP) is 1.80. The van der Waals surface area contributed by atoms with E-state index in [9.17, 15) is 8.42 Å². The summed E-state index contributed by atoms with van der Waals surface area (Å²) in [7, 11) is -3.48. The van der Waals surface area contributed by atoms with Crippen LogP contribution in [0.1, 0.15) is 18.1 Å². The van der Waals surface area contributed by atoms with Gasteiger partial charge in [-0.3, -0.25) is 0 Å². The van der Waals surface area contributed by atoms with Gasteiger partial charge in [0.15, 0.2) is 0 Å². The van der Waals surface area contributed by atoms with Crippen molar-refractivity contribution in [1.29, 1.82) is 0 Å². The number of hydrogen-bond donors (Lipinski definition) is 1. The topological polar surface area (TPSA) is 81.8 Å². The molecule has 0 aliphatic carbocycles. The smallest absolute Gasteiger partial charge is 0.238 e. The van der Waals surface area contributed by atoms with Gasteiger partial charge in [0.2, 0.25) is 19.3 Å². The van der Waals surface area contributed by atoms with Crippen LogP contribution < -0.4 is 5.14 Å². The molecule has 2 aromatic carbocycles. The Hall–Kier alpha value is -1.83. The minimum Gasteiger partial charge on any atom is -0.402 e. The van der Waals surface area contributed by atoms with Gasteiger partial charge in [-0.25, -0.2) is 13.6 Å². The molecule has 22 heavy (non-hydrogen) atoms. The van der Waals surface area contributed by atoms with Gasteiger partial charge < -0.3 is 4.84 Å². The molecule has 113 valence electrons. The summed E-state index contributed by atoms with van der Waals surface area (Å²) in [6.45, 7) is 1.98. The fraction of sp³-hybridized carbons (Fsp3) is 0.200. The Morgan fingerprint density at radius 1 is 1.09 bits per heavy atom. The number of sulfonamides is 1. The Morgan fingerprint density at radius 3 is 2.18 bits per heavy atom. The number of benzene rings is 2. The molecule has 2 N–H and O–H groups in total. The highest BCUT2D eigenvalue weighted by atomic mass is 32.2. The molecule has 0 saturated heterocycles. The Balaban J connectivity index is 2.15. The van der Waals surface area contributed by atoms with Crippen LogP contribution in [0.4, 0.5) is 0 Å². The molecule has 7 heteroatoms. The zero-order chi connectivity index (χ0) is 15.8. The molecule has 1 heterocycles. The minimum atomic E-state index is -3.69. The third-order valence-electron chi connectivity index (χ3n) is 3.91. The summed E-state index contributed by atoms with van der Waals surface area (Å²) in [4.78, 5) is 9.70. The van der Waals surface area contributed by atoms with Gasteiger partial charge in [0.1, 0.15) is 6.10 Å². The second-order valence-corrected chi connectivity index (χ2v) is 7.95. The van der Waals surface area contributed by atoms with E-state index in [0.29, 0.717) is 0 Å². The second kappa shape index (κ2) is 5.42. The van der Waals surface area contributed by atoms with Crippen LogP contribution in [0.25, 0.3) is 0 Å². The van der Waals surface area contributed by atoms with E-state index in [4.69, 9.17) is 9.98 Å². The summed E-state index contributed by atoms with van der Waals surface area (Å²) in [5.74, 6) is 0. The number of primary sulfonamides is 1. The summed E-state index contributed by atoms with van der Waals surface area (Å²) < 4.78 is 22.8. The largest absolute Gasteiger partial charge is 0.402 e. The Morgan fingerprint density at radius 2 is 1.68 bits per heavy atom. The summed E-state index contributed by atoms with van der Waals surface area (Å²) in [5, 5.41) is 4.77. The minimum absolute atomic E-state index is 0.103. The summed E-state index contributed by atoms with van der Waals surface area (Å²) >= 11 is 0. The van der Waals surface area contributed by atoms with E-state index in [1.807, 2.05) is 37.3 Å². The highest BCUT2D eigenvalue weighted by Gasteiger charge is 2.44. The molecule has 1 radical (unpaired) electrons. The Labute approximate surface area is 131 Å². The van der Waals surface area contributed by atoms with Crippen molar-refractivity contribution < 1.29 is 13.3 Å². The van der Waals surface area contributed by atoms with E-state index in [1.165, 1.54) is 12.1 Å². The van der Waals surface area contributed by atoms with Crippen molar-refractivity contribution in [2.24, 2.45) is 9.94 Å². The first kappa shape index (κ1) is 15.1. The fourth-order valence-corrected chi connectivity index (χ4v) is 4.42. The van der Waals surface area contributed by atoms with E-state index in [1.54, 1.807) is 12.1 Å². The van der Waals surface area contributed by atoms with Crippen molar-refractivity contribution in [2.75, 3.05) is 0 Å². The monoisotopic (exact) mass is 331 g/mol. The second-order valence-electron chi connectivity index (χ2n) is 5.19. The lowest BCUT2D eigenvalue weighted by Gasteiger charge is -2.30. The molecule has 1 aliphatic rings. The van der Waals surface area contributed by atoms with Crippen LogP contribution in [0.2, 0.25) is 0 Å². The van der Waals surface area contributed by atoms with E-state index in [0.717, 1.165) is 11.1 Å². The lowest BCUT2D eigenvalue weighted by atomic mass is 9.86. The van der Waals surface area contributed by atoms with E-state index >= 15 is 0 Å². The van der Waals surface area contributed by atoms with Crippen LogP contribution in [0.3, 0.4) is 0 Å². The summed E-state index contributed by atoms with van der Waals surface area (Å²) in [6.07, 6.45) is -0.131. The third kappa shape index (κ3) is 2.41. The summed E-state index contributed by atoms with van der Waals surface area (Å²) in [5.41, 5.74) is 2.07. The van der Waals surface area contributed by atoms with Gasteiger partial charge in [-0.05, 0) is 30.2 Å². The molecule has 0 amide bonds. The molecular formula is C15H15N2O3SSi. The molecule has 0 saturated carbocycles. The molecule has 0 bridgehead atoms. The Bertz CT molecular complexity index is 806. The Kier molecular flexibility index (Phi) is 3.71. The molecule has 0 fully saturated rings. The maximum Gasteiger partial charge on any atom is 0.238 e. The van der Waals surface area contributed by atoms with Crippen molar-refractivity contribution in [2.45, 2.75) is 23.0 Å². The predicted molar refractivity (Wildman–Crippen MR) is 83.8 cm³/mol. The van der Waals surface area contributed by atoms with Gasteiger partial charge in [-0.2, -0.15) is 4.80 Å². The van der Waals surface area contributed by atoms with Crippen molar-refractivity contribution in [3.63, 3.8) is 0 Å². The first-order valence-electron chi connectivity index (χ1n) is 6.76. The molecule has 0 aromatic heterocycles. The molecule has 0 spiro atoms. The first-order chi connectivity index (χ1) is 10.4. The molecule has 1 aliphatic heterocycles. The van der Waals surface area contributed by atoms with Gasteiger partial charge in [0.25, 0.3) is 0 Å². The normalized spacial score (nSPS) is 24.2. The highest BCUT2D eigenvalue weighted by molar-refractivity contribution is 7.89. The third-order valence-corrected chi connectivity index (χ3v) is 6.37. The van der Waals surface area contributed by atoms with E-state index in [2.05, 4.69) is 4.80 Å². The van der Waals surface area contributed by atoms with Crippen LogP contribution in [-0.4, -0.2) is 23.8 Å². The maximum atomic E-state index is 11.4. The molecular weight excluding hydrogens is 316 g/mol. The average Bonchev–Trinajstić information content (AvgIpc) is 2.90. The molecule has 2 atom stereocenters. The van der Waals surface area contributed by atoms with Crippen LogP contribution in [0, 0.1) is 0 Å². The number of nitrogens with two attached hydrogens (primary N) is 1. The molecule has 2 unspecified atom stereocenters. The van der Waals surface area contributed by atoms with Gasteiger partial charge in [-0.15, -0.1) is 0 Å². The number of hydrogen-bond acceptors (Lipinski definition) is 4. The molecule has 2 aromatic rings.